The van der Waals surface area contributed by atoms with Gasteiger partial charge in [0.2, 0.25) is 5.88 Å². The number of hydrogen-bond donors (Lipinski definition) is 3. The van der Waals surface area contributed by atoms with Gasteiger partial charge in [-0.25, -0.2) is 13.2 Å². The van der Waals surface area contributed by atoms with Crippen LogP contribution in [0.4, 0.5) is 24.7 Å². The smallest absolute Gasteiger partial charge is 0.441 e. The molecule has 0 spiro atoms. The highest BCUT2D eigenvalue weighted by Crippen LogP contribution is 2.34. The summed E-state index contributed by atoms with van der Waals surface area (Å²) in [7, 11) is -2.87. The third-order valence-electron chi connectivity index (χ3n) is 4.98. The lowest BCUT2D eigenvalue weighted by atomic mass is 10.1. The van der Waals surface area contributed by atoms with Gasteiger partial charge in [0.05, 0.1) is 18.6 Å². The van der Waals surface area contributed by atoms with E-state index in [9.17, 15) is 31.2 Å². The minimum absolute atomic E-state index is 0.0791. The van der Waals surface area contributed by atoms with Gasteiger partial charge < -0.3 is 20.1 Å². The van der Waals surface area contributed by atoms with Gasteiger partial charge in [-0.2, -0.15) is 13.2 Å². The molecule has 0 aliphatic heterocycles. The third-order valence-corrected chi connectivity index (χ3v) is 6.58. The Hall–Kier alpha value is -4.11. The van der Waals surface area contributed by atoms with E-state index in [2.05, 4.69) is 19.7 Å². The normalized spacial score (nSPS) is 13.1. The number of sulfonamides is 1. The Balaban J connectivity index is 1.93. The van der Waals surface area contributed by atoms with E-state index in [4.69, 9.17) is 16.3 Å². The number of amides is 1. The fourth-order valence-corrected chi connectivity index (χ4v) is 4.30. The molecular formula is C23H21ClF3N5O6S. The van der Waals surface area contributed by atoms with Crippen LogP contribution in [-0.4, -0.2) is 56.0 Å². The number of halogens is 4. The Kier molecular flexibility index (Phi) is 8.86. The number of hydrogen-bond acceptors (Lipinski definition) is 9. The number of nitrogens with one attached hydrogen (secondary N) is 3. The van der Waals surface area contributed by atoms with Gasteiger partial charge in [-0.15, -0.1) is 10.2 Å². The first-order valence-corrected chi connectivity index (χ1v) is 12.8. The minimum atomic E-state index is -5.41. The maximum Gasteiger partial charge on any atom is 0.441 e. The molecule has 3 aromatic rings. The summed E-state index contributed by atoms with van der Waals surface area (Å²) in [5, 5.41) is 11.0. The molecule has 0 aliphatic carbocycles. The highest BCUT2D eigenvalue weighted by Gasteiger charge is 2.63. The van der Waals surface area contributed by atoms with Crippen LogP contribution >= 0.6 is 11.6 Å². The fourth-order valence-electron chi connectivity index (χ4n) is 3.12. The van der Waals surface area contributed by atoms with Crippen molar-refractivity contribution in [1.82, 2.24) is 15.5 Å². The monoisotopic (exact) mass is 587 g/mol. The van der Waals surface area contributed by atoms with Crippen LogP contribution in [0.3, 0.4) is 0 Å². The Bertz CT molecular complexity index is 1440. The lowest BCUT2D eigenvalue weighted by molar-refractivity contribution is -0.204. The van der Waals surface area contributed by atoms with Crippen LogP contribution < -0.4 is 20.1 Å². The van der Waals surface area contributed by atoms with Gasteiger partial charge >= 0.3 is 17.8 Å². The van der Waals surface area contributed by atoms with Crippen LogP contribution in [0.25, 0.3) is 0 Å². The first kappa shape index (κ1) is 29.4. The summed E-state index contributed by atoms with van der Waals surface area (Å²) in [6.07, 6.45) is -5.41. The number of carbonyl (C=O) groups is 2. The maximum atomic E-state index is 14.4. The molecule has 1 aromatic heterocycles. The van der Waals surface area contributed by atoms with Gasteiger partial charge in [0.15, 0.2) is 5.82 Å². The molecule has 2 aromatic carbocycles. The first-order valence-electron chi connectivity index (χ1n) is 10.9. The molecule has 0 aliphatic rings. The Labute approximate surface area is 225 Å². The number of esters is 1. The Morgan fingerprint density at radius 2 is 1.72 bits per heavy atom. The molecule has 1 amide bonds. The summed E-state index contributed by atoms with van der Waals surface area (Å²) in [5.41, 5.74) is -4.36. The van der Waals surface area contributed by atoms with Crippen molar-refractivity contribution in [3.8, 4) is 5.88 Å². The second-order valence-electron chi connectivity index (χ2n) is 7.65. The molecule has 1 heterocycles. The quantitative estimate of drug-likeness (QED) is 0.239. The number of carbonyl (C=O) groups excluding carboxylic acids is 2. The molecule has 11 nitrogen and oxygen atoms in total. The standard InChI is InChI=1S/C23H21ClF3N5O6S/c1-3-38-21(34)22(23(25,26)27,29-20(33)14-5-4-6-15(24)13-14)28-16-7-9-17(10-8-16)39(35,36)32-18-11-12-19(37-2)31-30-18/h4-13,28H,3H2,1-2H3,(H,29,33)(H,30,32)/t22-/m0/s1. The highest BCUT2D eigenvalue weighted by atomic mass is 35.5. The summed E-state index contributed by atoms with van der Waals surface area (Å²) < 4.78 is 80.3. The summed E-state index contributed by atoms with van der Waals surface area (Å²) in [5.74, 6) is -3.12. The van der Waals surface area contributed by atoms with E-state index in [0.717, 1.165) is 30.3 Å². The van der Waals surface area contributed by atoms with Crippen molar-refractivity contribution in [3.05, 3.63) is 71.2 Å². The Morgan fingerprint density at radius 3 is 2.26 bits per heavy atom. The van der Waals surface area contributed by atoms with Crippen LogP contribution in [0.5, 0.6) is 5.88 Å². The lowest BCUT2D eigenvalue weighted by Gasteiger charge is -2.35. The van der Waals surface area contributed by atoms with E-state index in [-0.39, 0.29) is 32.9 Å². The predicted molar refractivity (Wildman–Crippen MR) is 134 cm³/mol. The average Bonchev–Trinajstić information content (AvgIpc) is 2.88. The number of rotatable bonds is 10. The van der Waals surface area contributed by atoms with E-state index in [1.54, 1.807) is 5.32 Å². The summed E-state index contributed by atoms with van der Waals surface area (Å²) >= 11 is 5.83. The molecular weight excluding hydrogens is 567 g/mol. The second-order valence-corrected chi connectivity index (χ2v) is 9.77. The summed E-state index contributed by atoms with van der Waals surface area (Å²) in [6.45, 7) is 0.861. The van der Waals surface area contributed by atoms with Crippen molar-refractivity contribution < 1.29 is 40.7 Å². The lowest BCUT2D eigenvalue weighted by Crippen LogP contribution is -2.69. The second kappa shape index (κ2) is 11.7. The van der Waals surface area contributed by atoms with Crippen LogP contribution in [-0.2, 0) is 19.6 Å². The van der Waals surface area contributed by atoms with Crippen molar-refractivity contribution in [3.63, 3.8) is 0 Å². The number of alkyl halides is 3. The van der Waals surface area contributed by atoms with Gasteiger partial charge in [0.1, 0.15) is 0 Å². The molecule has 208 valence electrons. The average molecular weight is 588 g/mol. The number of ether oxygens (including phenoxy) is 2. The van der Waals surface area contributed by atoms with Crippen LogP contribution in [0, 0.1) is 0 Å². The van der Waals surface area contributed by atoms with Crippen molar-refractivity contribution >= 4 is 45.0 Å². The molecule has 0 fully saturated rings. The fraction of sp³-hybridized carbons (Fsp3) is 0.217. The molecule has 39 heavy (non-hydrogen) atoms. The van der Waals surface area contributed by atoms with E-state index in [0.29, 0.717) is 0 Å². The van der Waals surface area contributed by atoms with Crippen molar-refractivity contribution in [2.45, 2.75) is 23.7 Å². The molecule has 0 saturated heterocycles. The molecule has 3 rings (SSSR count). The van der Waals surface area contributed by atoms with Gasteiger partial charge in [-0.05, 0) is 55.5 Å². The molecule has 1 atom stereocenters. The van der Waals surface area contributed by atoms with Crippen LogP contribution in [0.1, 0.15) is 17.3 Å². The molecule has 0 bridgehead atoms. The predicted octanol–water partition coefficient (Wildman–Crippen LogP) is 3.60. The minimum Gasteiger partial charge on any atom is -0.480 e. The topological polar surface area (TPSA) is 149 Å². The van der Waals surface area contributed by atoms with Crippen molar-refractivity contribution in [2.24, 2.45) is 0 Å². The molecule has 3 N–H and O–H groups in total. The summed E-state index contributed by atoms with van der Waals surface area (Å²) in [4.78, 5) is 25.0. The zero-order valence-corrected chi connectivity index (χ0v) is 21.8. The number of methoxy groups -OCH3 is 1. The number of aromatic nitrogens is 2. The van der Waals surface area contributed by atoms with Crippen LogP contribution in [0.2, 0.25) is 5.02 Å². The molecule has 0 unspecified atom stereocenters. The SMILES string of the molecule is CCOC(=O)[C@@](NC(=O)c1cccc(Cl)c1)(Nc1ccc(S(=O)(=O)Nc2ccc(OC)nn2)cc1)C(F)(F)F. The van der Waals surface area contributed by atoms with Gasteiger partial charge in [-0.1, -0.05) is 17.7 Å². The van der Waals surface area contributed by atoms with E-state index in [1.165, 1.54) is 44.4 Å². The third kappa shape index (κ3) is 6.86. The number of anilines is 2. The van der Waals surface area contributed by atoms with Crippen molar-refractivity contribution in [2.75, 3.05) is 23.8 Å². The number of benzene rings is 2. The van der Waals surface area contributed by atoms with Gasteiger partial charge in [0, 0.05) is 22.3 Å². The first-order chi connectivity index (χ1) is 18.3. The van der Waals surface area contributed by atoms with E-state index < -0.39 is 40.3 Å². The van der Waals surface area contributed by atoms with Crippen LogP contribution in [0.15, 0.2) is 65.6 Å². The molecule has 16 heteroatoms. The largest absolute Gasteiger partial charge is 0.480 e. The maximum absolute atomic E-state index is 14.4. The highest BCUT2D eigenvalue weighted by molar-refractivity contribution is 7.92. The molecule has 0 saturated carbocycles. The van der Waals surface area contributed by atoms with E-state index >= 15 is 0 Å². The number of nitrogens with zero attached hydrogens (tertiary/aromatic N) is 2. The van der Waals surface area contributed by atoms with E-state index in [1.807, 2.05) is 5.32 Å². The van der Waals surface area contributed by atoms with Gasteiger partial charge in [-0.3, -0.25) is 9.52 Å². The molecule has 0 radical (unpaired) electrons. The zero-order valence-electron chi connectivity index (χ0n) is 20.2. The van der Waals surface area contributed by atoms with Gasteiger partial charge in [0.25, 0.3) is 15.9 Å². The van der Waals surface area contributed by atoms with Crippen molar-refractivity contribution in [1.29, 1.82) is 0 Å². The summed E-state index contributed by atoms with van der Waals surface area (Å²) in [6, 6.07) is 11.6. The Morgan fingerprint density at radius 1 is 1.03 bits per heavy atom. The zero-order chi connectivity index (χ0) is 28.8.